The Morgan fingerprint density at radius 3 is 2.44 bits per heavy atom. The maximum absolute atomic E-state index is 5.85. The molecule has 0 aliphatic rings. The van der Waals surface area contributed by atoms with Crippen LogP contribution in [0.5, 0.6) is 0 Å². The van der Waals surface area contributed by atoms with E-state index >= 15 is 0 Å². The first-order valence-electron chi connectivity index (χ1n) is 11.0. The number of pyridine rings is 2. The van der Waals surface area contributed by atoms with Crippen molar-refractivity contribution < 1.29 is 4.57 Å². The predicted molar refractivity (Wildman–Crippen MR) is 134 cm³/mol. The molecule has 156 valence electrons. The average Bonchev–Trinajstić information content (AvgIpc) is 2.83. The topological polar surface area (TPSA) is 42.8 Å². The van der Waals surface area contributed by atoms with Crippen molar-refractivity contribution in [1.29, 1.82) is 0 Å². The maximum Gasteiger partial charge on any atom is 0.231 e. The molecule has 0 bridgehead atoms. The summed E-state index contributed by atoms with van der Waals surface area (Å²) in [6.45, 7) is 3.43. The van der Waals surface area contributed by atoms with Crippen LogP contribution in [-0.4, -0.2) is 11.5 Å². The Hall–Kier alpha value is -3.82. The number of nitrogens with zero attached hydrogens (tertiary/aromatic N) is 2. The lowest BCUT2D eigenvalue weighted by Crippen LogP contribution is -2.39. The van der Waals surface area contributed by atoms with Crippen LogP contribution < -0.4 is 10.3 Å². The lowest BCUT2D eigenvalue weighted by molar-refractivity contribution is -0.683. The maximum atomic E-state index is 5.85. The zero-order valence-electron chi connectivity index (χ0n) is 18.2. The number of hydrogen-bond donors (Lipinski definition) is 1. The summed E-state index contributed by atoms with van der Waals surface area (Å²) < 4.78 is 2.17. The van der Waals surface area contributed by atoms with E-state index in [0.717, 1.165) is 23.5 Å². The van der Waals surface area contributed by atoms with Crippen LogP contribution in [0.2, 0.25) is 0 Å². The molecule has 0 aliphatic heterocycles. The van der Waals surface area contributed by atoms with Gasteiger partial charge >= 0.3 is 0 Å². The first-order valence-corrected chi connectivity index (χ1v) is 11.0. The van der Waals surface area contributed by atoms with E-state index in [1.165, 1.54) is 32.7 Å². The van der Waals surface area contributed by atoms with Gasteiger partial charge in [-0.25, -0.2) is 4.98 Å². The Balaban J connectivity index is 1.60. The van der Waals surface area contributed by atoms with Gasteiger partial charge in [0.05, 0.1) is 6.54 Å². The highest BCUT2D eigenvalue weighted by atomic mass is 15.0. The van der Waals surface area contributed by atoms with Crippen LogP contribution in [0.25, 0.3) is 45.1 Å². The monoisotopic (exact) mass is 416 g/mol. The van der Waals surface area contributed by atoms with Gasteiger partial charge in [-0.05, 0) is 63.4 Å². The fraction of sp³-hybridized carbons (Fsp3) is 0.103. The predicted octanol–water partition coefficient (Wildman–Crippen LogP) is 5.78. The molecule has 2 heterocycles. The quantitative estimate of drug-likeness (QED) is 0.291. The summed E-state index contributed by atoms with van der Waals surface area (Å²) in [5, 5.41) is 5.08. The molecule has 3 nitrogen and oxygen atoms in total. The van der Waals surface area contributed by atoms with Crippen LogP contribution in [0.4, 0.5) is 0 Å². The van der Waals surface area contributed by atoms with E-state index in [1.54, 1.807) is 0 Å². The average molecular weight is 417 g/mol. The van der Waals surface area contributed by atoms with Crippen molar-refractivity contribution in [2.45, 2.75) is 13.5 Å². The molecule has 2 N–H and O–H groups in total. The molecule has 0 saturated carbocycles. The Morgan fingerprint density at radius 1 is 0.844 bits per heavy atom. The first-order chi connectivity index (χ1) is 15.7. The third-order valence-corrected chi connectivity index (χ3v) is 5.86. The molecule has 0 unspecified atom stereocenters. The van der Waals surface area contributed by atoms with E-state index in [4.69, 9.17) is 5.73 Å². The number of hydrogen-bond acceptors (Lipinski definition) is 2. The van der Waals surface area contributed by atoms with Gasteiger partial charge < -0.3 is 5.73 Å². The van der Waals surface area contributed by atoms with Crippen LogP contribution in [0.3, 0.4) is 0 Å². The summed E-state index contributed by atoms with van der Waals surface area (Å²) in [7, 11) is 0. The third kappa shape index (κ3) is 3.91. The summed E-state index contributed by atoms with van der Waals surface area (Å²) in [5.74, 6) is 0. The molecule has 32 heavy (non-hydrogen) atoms. The Morgan fingerprint density at radius 2 is 1.62 bits per heavy atom. The normalized spacial score (nSPS) is 11.6. The van der Waals surface area contributed by atoms with Crippen molar-refractivity contribution in [3.8, 4) is 11.4 Å². The van der Waals surface area contributed by atoms with Crippen molar-refractivity contribution >= 4 is 33.7 Å². The Bertz CT molecular complexity index is 1450. The summed E-state index contributed by atoms with van der Waals surface area (Å²) >= 11 is 0. The third-order valence-electron chi connectivity index (χ3n) is 5.86. The highest BCUT2D eigenvalue weighted by molar-refractivity contribution is 6.11. The SMILES string of the molecule is Cc1ccnc(-c2cc(/C=C/c3cc4ccccc4c4ccccc34)cc[n+]2CCN)c1. The molecule has 0 saturated heterocycles. The van der Waals surface area contributed by atoms with Gasteiger partial charge in [-0.1, -0.05) is 60.7 Å². The van der Waals surface area contributed by atoms with Gasteiger partial charge in [0.1, 0.15) is 5.69 Å². The van der Waals surface area contributed by atoms with Gasteiger partial charge in [0.15, 0.2) is 12.7 Å². The second kappa shape index (κ2) is 8.74. The fourth-order valence-electron chi connectivity index (χ4n) is 4.29. The first kappa shape index (κ1) is 20.1. The molecule has 3 heteroatoms. The zero-order chi connectivity index (χ0) is 21.9. The molecule has 5 rings (SSSR count). The smallest absolute Gasteiger partial charge is 0.231 e. The molecule has 5 aromatic rings. The van der Waals surface area contributed by atoms with Crippen LogP contribution in [0.15, 0.2) is 91.3 Å². The zero-order valence-corrected chi connectivity index (χ0v) is 18.2. The molecule has 0 radical (unpaired) electrons. The number of aryl methyl sites for hydroxylation is 1. The van der Waals surface area contributed by atoms with Crippen molar-refractivity contribution in [3.63, 3.8) is 0 Å². The number of fused-ring (bicyclic) bond motifs is 3. The van der Waals surface area contributed by atoms with E-state index in [1.807, 2.05) is 12.3 Å². The van der Waals surface area contributed by atoms with E-state index in [2.05, 4.69) is 108 Å². The molecule has 0 fully saturated rings. The van der Waals surface area contributed by atoms with E-state index in [0.29, 0.717) is 6.54 Å². The van der Waals surface area contributed by atoms with E-state index in [9.17, 15) is 0 Å². The van der Waals surface area contributed by atoms with Crippen molar-refractivity contribution in [3.05, 3.63) is 108 Å². The number of aromatic nitrogens is 2. The van der Waals surface area contributed by atoms with Crippen molar-refractivity contribution in [2.24, 2.45) is 5.73 Å². The minimum absolute atomic E-state index is 0.585. The molecule has 0 spiro atoms. The molecular weight excluding hydrogens is 390 g/mol. The highest BCUT2D eigenvalue weighted by Crippen LogP contribution is 2.30. The van der Waals surface area contributed by atoms with E-state index in [-0.39, 0.29) is 0 Å². The summed E-state index contributed by atoms with van der Waals surface area (Å²) in [6, 6.07) is 27.9. The van der Waals surface area contributed by atoms with Gasteiger partial charge in [0.2, 0.25) is 5.69 Å². The van der Waals surface area contributed by atoms with Gasteiger partial charge in [0.25, 0.3) is 0 Å². The highest BCUT2D eigenvalue weighted by Gasteiger charge is 2.14. The molecule has 0 aliphatic carbocycles. The number of nitrogens with two attached hydrogens (primary N) is 1. The van der Waals surface area contributed by atoms with Crippen molar-refractivity contribution in [2.75, 3.05) is 6.54 Å². The molecule has 2 aromatic heterocycles. The lowest BCUT2D eigenvalue weighted by Gasteiger charge is -2.08. The van der Waals surface area contributed by atoms with Gasteiger partial charge in [-0.3, -0.25) is 0 Å². The Labute approximate surface area is 188 Å². The summed E-state index contributed by atoms with van der Waals surface area (Å²) in [4.78, 5) is 4.60. The largest absolute Gasteiger partial charge is 0.325 e. The van der Waals surface area contributed by atoms with Gasteiger partial charge in [-0.15, -0.1) is 0 Å². The number of benzene rings is 3. The van der Waals surface area contributed by atoms with Crippen LogP contribution in [-0.2, 0) is 6.54 Å². The van der Waals surface area contributed by atoms with Crippen LogP contribution in [0, 0.1) is 6.92 Å². The molecule has 0 amide bonds. The summed E-state index contributed by atoms with van der Waals surface area (Å²) in [5.41, 5.74) is 11.4. The summed E-state index contributed by atoms with van der Waals surface area (Å²) in [6.07, 6.45) is 8.36. The fourth-order valence-corrected chi connectivity index (χ4v) is 4.29. The molecule has 3 aromatic carbocycles. The molecule has 0 atom stereocenters. The van der Waals surface area contributed by atoms with E-state index < -0.39 is 0 Å². The molecular formula is C29H26N3+. The van der Waals surface area contributed by atoms with Gasteiger partial charge in [-0.2, -0.15) is 4.57 Å². The standard InChI is InChI=1S/C29H26N3/c1-21-12-15-31-28(18-21)29-19-22(13-16-32(29)17-14-30)10-11-24-20-23-6-2-3-7-25(23)27-9-5-4-8-26(24)27/h2-13,15-16,18-20H,14,17,30H2,1H3/q+1/b11-10+. The Kier molecular flexibility index (Phi) is 5.49. The van der Waals surface area contributed by atoms with Gasteiger partial charge in [0, 0.05) is 18.3 Å². The minimum atomic E-state index is 0.585. The van der Waals surface area contributed by atoms with Crippen LogP contribution in [0.1, 0.15) is 16.7 Å². The second-order valence-electron chi connectivity index (χ2n) is 8.11. The number of rotatable bonds is 5. The van der Waals surface area contributed by atoms with Crippen LogP contribution >= 0.6 is 0 Å². The second-order valence-corrected chi connectivity index (χ2v) is 8.11. The van der Waals surface area contributed by atoms with Crippen molar-refractivity contribution in [1.82, 2.24) is 4.98 Å². The minimum Gasteiger partial charge on any atom is -0.325 e. The lowest BCUT2D eigenvalue weighted by atomic mass is 9.96.